The van der Waals surface area contributed by atoms with Crippen LogP contribution in [0.5, 0.6) is 0 Å². The van der Waals surface area contributed by atoms with Crippen LogP contribution in [-0.4, -0.2) is 0 Å². The smallest absolute Gasteiger partial charge is 0.875 e. The Kier molecular flexibility index (Phi) is 4.10. The SMILES string of the molecule is CC1CCCC=C1[O-].[Li+]. The molecule has 0 aromatic heterocycles. The van der Waals surface area contributed by atoms with E-state index in [-0.39, 0.29) is 18.9 Å². The summed E-state index contributed by atoms with van der Waals surface area (Å²) in [6, 6.07) is 0. The minimum atomic E-state index is 0. The van der Waals surface area contributed by atoms with E-state index in [0.29, 0.717) is 11.7 Å². The van der Waals surface area contributed by atoms with Crippen molar-refractivity contribution in [2.75, 3.05) is 0 Å². The summed E-state index contributed by atoms with van der Waals surface area (Å²) in [6.45, 7) is 2.00. The second-order valence-electron chi connectivity index (χ2n) is 2.44. The zero-order valence-electron chi connectivity index (χ0n) is 6.18. The maximum absolute atomic E-state index is 10.7. The zero-order chi connectivity index (χ0) is 5.98. The fraction of sp³-hybridized carbons (Fsp3) is 0.714. The molecule has 1 nitrogen and oxygen atoms in total. The van der Waals surface area contributed by atoms with Gasteiger partial charge in [0.25, 0.3) is 0 Å². The molecule has 1 aliphatic rings. The molecule has 0 heterocycles. The minimum Gasteiger partial charge on any atom is -0.875 e. The molecule has 0 aliphatic heterocycles. The molecule has 0 amide bonds. The van der Waals surface area contributed by atoms with Gasteiger partial charge >= 0.3 is 18.9 Å². The molecule has 0 aromatic carbocycles. The maximum Gasteiger partial charge on any atom is 1.00 e. The van der Waals surface area contributed by atoms with Gasteiger partial charge in [-0.05, 0) is 25.2 Å². The van der Waals surface area contributed by atoms with Crippen molar-refractivity contribution >= 4 is 0 Å². The van der Waals surface area contributed by atoms with Crippen LogP contribution >= 0.6 is 0 Å². The molecule has 0 bridgehead atoms. The van der Waals surface area contributed by atoms with Crippen LogP contribution in [0.15, 0.2) is 11.8 Å². The van der Waals surface area contributed by atoms with E-state index in [0.717, 1.165) is 12.8 Å². The Morgan fingerprint density at radius 2 is 2.33 bits per heavy atom. The van der Waals surface area contributed by atoms with Gasteiger partial charge in [-0.25, -0.2) is 0 Å². The molecule has 0 saturated heterocycles. The van der Waals surface area contributed by atoms with Crippen molar-refractivity contribution in [3.63, 3.8) is 0 Å². The minimum absolute atomic E-state index is 0. The van der Waals surface area contributed by atoms with Gasteiger partial charge in [-0.3, -0.25) is 0 Å². The van der Waals surface area contributed by atoms with Crippen molar-refractivity contribution < 1.29 is 24.0 Å². The average Bonchev–Trinajstić information content (AvgIpc) is 1.77. The summed E-state index contributed by atoms with van der Waals surface area (Å²) in [6.07, 6.45) is 5.11. The van der Waals surface area contributed by atoms with E-state index in [1.807, 2.05) is 13.0 Å². The van der Waals surface area contributed by atoms with Crippen molar-refractivity contribution in [2.24, 2.45) is 5.92 Å². The largest absolute Gasteiger partial charge is 1.00 e. The second-order valence-corrected chi connectivity index (χ2v) is 2.44. The molecule has 0 saturated carbocycles. The fourth-order valence-corrected chi connectivity index (χ4v) is 1.01. The van der Waals surface area contributed by atoms with Gasteiger partial charge in [0, 0.05) is 0 Å². The van der Waals surface area contributed by atoms with Crippen LogP contribution in [0.4, 0.5) is 0 Å². The molecule has 1 atom stereocenters. The molecule has 0 N–H and O–H groups in total. The monoisotopic (exact) mass is 118 g/mol. The third kappa shape index (κ3) is 2.47. The Morgan fingerprint density at radius 3 is 2.67 bits per heavy atom. The molecule has 1 unspecified atom stereocenters. The summed E-state index contributed by atoms with van der Waals surface area (Å²) in [5, 5.41) is 10.7. The van der Waals surface area contributed by atoms with Gasteiger partial charge in [-0.2, -0.15) is 0 Å². The molecule has 0 spiro atoms. The Bertz CT molecular complexity index is 109. The van der Waals surface area contributed by atoms with Crippen LogP contribution in [0.25, 0.3) is 0 Å². The van der Waals surface area contributed by atoms with Crippen LogP contribution in [-0.2, 0) is 0 Å². The van der Waals surface area contributed by atoms with Gasteiger partial charge < -0.3 is 5.11 Å². The molecular weight excluding hydrogens is 107 g/mol. The van der Waals surface area contributed by atoms with Crippen molar-refractivity contribution in [2.45, 2.75) is 26.2 Å². The van der Waals surface area contributed by atoms with E-state index in [1.165, 1.54) is 6.42 Å². The van der Waals surface area contributed by atoms with Gasteiger partial charge in [-0.1, -0.05) is 13.0 Å². The van der Waals surface area contributed by atoms with Crippen molar-refractivity contribution in [3.05, 3.63) is 11.8 Å². The Labute approximate surface area is 68.3 Å². The van der Waals surface area contributed by atoms with Crippen LogP contribution in [0.1, 0.15) is 26.2 Å². The summed E-state index contributed by atoms with van der Waals surface area (Å²) in [4.78, 5) is 0. The predicted molar refractivity (Wildman–Crippen MR) is 31.1 cm³/mol. The third-order valence-corrected chi connectivity index (χ3v) is 1.67. The van der Waals surface area contributed by atoms with Gasteiger partial charge in [0.1, 0.15) is 0 Å². The van der Waals surface area contributed by atoms with Crippen LogP contribution in [0, 0.1) is 5.92 Å². The third-order valence-electron chi connectivity index (χ3n) is 1.67. The van der Waals surface area contributed by atoms with Crippen LogP contribution in [0.3, 0.4) is 0 Å². The van der Waals surface area contributed by atoms with E-state index in [9.17, 15) is 5.11 Å². The first kappa shape index (κ1) is 9.14. The van der Waals surface area contributed by atoms with E-state index in [2.05, 4.69) is 0 Å². The number of hydrogen-bond acceptors (Lipinski definition) is 1. The van der Waals surface area contributed by atoms with E-state index >= 15 is 0 Å². The summed E-state index contributed by atoms with van der Waals surface area (Å²) in [7, 11) is 0. The first-order valence-electron chi connectivity index (χ1n) is 3.18. The standard InChI is InChI=1S/C7H12O.Li/c1-6-4-2-3-5-7(6)8;/h5-6,8H,2-4H2,1H3;/q;+1/p-1. The summed E-state index contributed by atoms with van der Waals surface area (Å²) in [5.74, 6) is 0.653. The zero-order valence-corrected chi connectivity index (χ0v) is 6.18. The predicted octanol–water partition coefficient (Wildman–Crippen LogP) is -1.95. The van der Waals surface area contributed by atoms with E-state index in [4.69, 9.17) is 0 Å². The van der Waals surface area contributed by atoms with Crippen molar-refractivity contribution in [1.82, 2.24) is 0 Å². The Hall–Kier alpha value is 0.137. The second kappa shape index (κ2) is 4.03. The first-order chi connectivity index (χ1) is 3.80. The topological polar surface area (TPSA) is 23.1 Å². The van der Waals surface area contributed by atoms with Crippen LogP contribution in [0.2, 0.25) is 0 Å². The van der Waals surface area contributed by atoms with Gasteiger partial charge in [0.05, 0.1) is 0 Å². The number of hydrogen-bond donors (Lipinski definition) is 0. The van der Waals surface area contributed by atoms with Gasteiger partial charge in [-0.15, -0.1) is 5.76 Å². The summed E-state index contributed by atoms with van der Waals surface area (Å²) in [5.41, 5.74) is 0. The Balaban J connectivity index is 0.000000640. The number of rotatable bonds is 0. The first-order valence-corrected chi connectivity index (χ1v) is 3.18. The van der Waals surface area contributed by atoms with Crippen molar-refractivity contribution in [3.8, 4) is 0 Å². The molecule has 0 aromatic rings. The summed E-state index contributed by atoms with van der Waals surface area (Å²) < 4.78 is 0. The quantitative estimate of drug-likeness (QED) is 0.339. The molecule has 9 heavy (non-hydrogen) atoms. The molecule has 2 heteroatoms. The summed E-state index contributed by atoms with van der Waals surface area (Å²) >= 11 is 0. The van der Waals surface area contributed by atoms with E-state index in [1.54, 1.807) is 0 Å². The molecular formula is C7H11LiO. The molecule has 46 valence electrons. The van der Waals surface area contributed by atoms with Gasteiger partial charge in [0.2, 0.25) is 0 Å². The average molecular weight is 118 g/mol. The van der Waals surface area contributed by atoms with Crippen molar-refractivity contribution in [1.29, 1.82) is 0 Å². The number of allylic oxidation sites excluding steroid dienone is 2. The molecule has 1 rings (SSSR count). The molecule has 1 aliphatic carbocycles. The van der Waals surface area contributed by atoms with E-state index < -0.39 is 0 Å². The Morgan fingerprint density at radius 1 is 1.67 bits per heavy atom. The molecule has 0 radical (unpaired) electrons. The fourth-order valence-electron chi connectivity index (χ4n) is 1.01. The maximum atomic E-state index is 10.7. The molecule has 0 fully saturated rings. The van der Waals surface area contributed by atoms with Crippen LogP contribution < -0.4 is 24.0 Å². The van der Waals surface area contributed by atoms with Gasteiger partial charge in [0.15, 0.2) is 0 Å². The normalized spacial score (nSPS) is 26.3.